The van der Waals surface area contributed by atoms with E-state index < -0.39 is 5.97 Å². The Balaban J connectivity index is -0.000000270. The van der Waals surface area contributed by atoms with Crippen LogP contribution in [0.5, 0.6) is 0 Å². The van der Waals surface area contributed by atoms with Crippen molar-refractivity contribution in [3.8, 4) is 0 Å². The predicted octanol–water partition coefficient (Wildman–Crippen LogP) is 0.194. The molecule has 1 aromatic rings. The zero-order valence-corrected chi connectivity index (χ0v) is 7.43. The highest BCUT2D eigenvalue weighted by Crippen LogP contribution is 1.87. The van der Waals surface area contributed by atoms with Crippen LogP contribution in [0.15, 0.2) is 18.6 Å². The fourth-order valence-corrected chi connectivity index (χ4v) is 0.417. The number of nitrogens with zero attached hydrogens (tertiary/aromatic N) is 2. The van der Waals surface area contributed by atoms with Gasteiger partial charge in [-0.2, -0.15) is 0 Å². The molecular formula is C5H8Cl2N2O3. The van der Waals surface area contributed by atoms with Gasteiger partial charge in [-0.3, -0.25) is 0 Å². The quantitative estimate of drug-likeness (QED) is 0.723. The van der Waals surface area contributed by atoms with Gasteiger partial charge in [0.05, 0.1) is 0 Å². The van der Waals surface area contributed by atoms with Crippen molar-refractivity contribution in [2.75, 3.05) is 0 Å². The molecule has 0 spiro atoms. The first-order chi connectivity index (χ1) is 4.30. The molecule has 0 bridgehead atoms. The van der Waals surface area contributed by atoms with Crippen LogP contribution >= 0.6 is 24.8 Å². The summed E-state index contributed by atoms with van der Waals surface area (Å²) in [6, 6.07) is 1.34. The number of halogens is 2. The number of aromatic nitrogens is 2. The molecule has 0 radical (unpaired) electrons. The molecule has 0 aliphatic heterocycles. The first kappa shape index (κ1) is 17.3. The lowest BCUT2D eigenvalue weighted by atomic mass is 10.4. The highest BCUT2D eigenvalue weighted by Gasteiger charge is 1.99. The molecule has 0 saturated heterocycles. The SMILES string of the molecule is Cl.Cl.O.O=C(O)c1ccncn1. The summed E-state index contributed by atoms with van der Waals surface area (Å²) in [6.45, 7) is 0. The van der Waals surface area contributed by atoms with E-state index in [2.05, 4.69) is 9.97 Å². The normalized spacial score (nSPS) is 6.67. The zero-order valence-electron chi connectivity index (χ0n) is 5.80. The minimum atomic E-state index is -1.03. The average molecular weight is 215 g/mol. The molecule has 1 heterocycles. The second-order valence-electron chi connectivity index (χ2n) is 1.40. The summed E-state index contributed by atoms with van der Waals surface area (Å²) < 4.78 is 0. The maximum atomic E-state index is 10.1. The molecule has 0 aromatic carbocycles. The van der Waals surface area contributed by atoms with Gasteiger partial charge in [-0.1, -0.05) is 0 Å². The Bertz CT molecular complexity index is 219. The smallest absolute Gasteiger partial charge is 0.354 e. The van der Waals surface area contributed by atoms with E-state index in [1.54, 1.807) is 0 Å². The molecular weight excluding hydrogens is 207 g/mol. The van der Waals surface area contributed by atoms with E-state index in [0.29, 0.717) is 0 Å². The molecule has 0 aliphatic carbocycles. The lowest BCUT2D eigenvalue weighted by Gasteiger charge is -1.86. The van der Waals surface area contributed by atoms with Crippen LogP contribution in [0.1, 0.15) is 10.5 Å². The number of carboxylic acids is 1. The molecule has 5 nitrogen and oxygen atoms in total. The second-order valence-corrected chi connectivity index (χ2v) is 1.40. The maximum absolute atomic E-state index is 10.1. The third kappa shape index (κ3) is 4.84. The van der Waals surface area contributed by atoms with Crippen LogP contribution in [0.25, 0.3) is 0 Å². The minimum absolute atomic E-state index is 0. The van der Waals surface area contributed by atoms with Crippen molar-refractivity contribution < 1.29 is 15.4 Å². The summed E-state index contributed by atoms with van der Waals surface area (Å²) in [5.41, 5.74) is 0.0185. The number of carbonyl (C=O) groups is 1. The lowest BCUT2D eigenvalue weighted by molar-refractivity contribution is 0.0690. The minimum Gasteiger partial charge on any atom is -0.477 e. The molecule has 0 saturated carbocycles. The van der Waals surface area contributed by atoms with E-state index >= 15 is 0 Å². The van der Waals surface area contributed by atoms with Crippen molar-refractivity contribution in [3.63, 3.8) is 0 Å². The van der Waals surface area contributed by atoms with E-state index in [9.17, 15) is 4.79 Å². The van der Waals surface area contributed by atoms with Crippen LogP contribution in [0.2, 0.25) is 0 Å². The first-order valence-corrected chi connectivity index (χ1v) is 2.30. The van der Waals surface area contributed by atoms with Gasteiger partial charge < -0.3 is 10.6 Å². The van der Waals surface area contributed by atoms with Gasteiger partial charge in [0.1, 0.15) is 6.33 Å². The van der Waals surface area contributed by atoms with Crippen LogP contribution in [-0.2, 0) is 0 Å². The van der Waals surface area contributed by atoms with Crippen molar-refractivity contribution >= 4 is 30.8 Å². The van der Waals surface area contributed by atoms with Gasteiger partial charge >= 0.3 is 5.97 Å². The average Bonchev–Trinajstić information content (AvgIpc) is 1.90. The van der Waals surface area contributed by atoms with E-state index in [1.807, 2.05) is 0 Å². The molecule has 7 heteroatoms. The van der Waals surface area contributed by atoms with E-state index in [1.165, 1.54) is 18.6 Å². The van der Waals surface area contributed by atoms with Gasteiger partial charge in [0.25, 0.3) is 0 Å². The summed E-state index contributed by atoms with van der Waals surface area (Å²) >= 11 is 0. The molecule has 0 aliphatic rings. The van der Waals surface area contributed by atoms with Gasteiger partial charge in [-0.05, 0) is 6.07 Å². The maximum Gasteiger partial charge on any atom is 0.354 e. The topological polar surface area (TPSA) is 94.6 Å². The molecule has 0 fully saturated rings. The summed E-state index contributed by atoms with van der Waals surface area (Å²) in [5, 5.41) is 8.29. The third-order valence-corrected chi connectivity index (χ3v) is 0.801. The molecule has 0 atom stereocenters. The highest BCUT2D eigenvalue weighted by molar-refractivity contribution is 5.85. The summed E-state index contributed by atoms with van der Waals surface area (Å²) in [6.07, 6.45) is 2.58. The van der Waals surface area contributed by atoms with E-state index in [-0.39, 0.29) is 36.0 Å². The Morgan fingerprint density at radius 3 is 2.25 bits per heavy atom. The van der Waals surface area contributed by atoms with E-state index in [4.69, 9.17) is 5.11 Å². The molecule has 12 heavy (non-hydrogen) atoms. The van der Waals surface area contributed by atoms with Crippen molar-refractivity contribution in [3.05, 3.63) is 24.3 Å². The summed E-state index contributed by atoms with van der Waals surface area (Å²) in [4.78, 5) is 17.1. The number of hydrogen-bond donors (Lipinski definition) is 1. The Labute approximate surface area is 81.0 Å². The van der Waals surface area contributed by atoms with Crippen LogP contribution in [0.4, 0.5) is 0 Å². The first-order valence-electron chi connectivity index (χ1n) is 2.30. The Morgan fingerprint density at radius 1 is 1.42 bits per heavy atom. The van der Waals surface area contributed by atoms with Gasteiger partial charge in [0.15, 0.2) is 5.69 Å². The molecule has 1 rings (SSSR count). The second kappa shape index (κ2) is 8.19. The predicted molar refractivity (Wildman–Crippen MR) is 47.1 cm³/mol. The molecule has 3 N–H and O–H groups in total. The standard InChI is InChI=1S/C5H4N2O2.2ClH.H2O/c8-5(9)4-1-2-6-3-7-4;;;/h1-3H,(H,8,9);2*1H;1H2. The Hall–Kier alpha value is -0.910. The van der Waals surface area contributed by atoms with Crippen molar-refractivity contribution in [1.29, 1.82) is 0 Å². The number of hydrogen-bond acceptors (Lipinski definition) is 3. The number of carboxylic acid groups (broad SMARTS) is 1. The van der Waals surface area contributed by atoms with Crippen LogP contribution < -0.4 is 0 Å². The lowest BCUT2D eigenvalue weighted by Crippen LogP contribution is -1.98. The van der Waals surface area contributed by atoms with Crippen molar-refractivity contribution in [1.82, 2.24) is 9.97 Å². The fourth-order valence-electron chi connectivity index (χ4n) is 0.417. The Kier molecular flexibility index (Phi) is 11.8. The van der Waals surface area contributed by atoms with Crippen LogP contribution in [0.3, 0.4) is 0 Å². The molecule has 0 amide bonds. The van der Waals surface area contributed by atoms with Crippen molar-refractivity contribution in [2.45, 2.75) is 0 Å². The monoisotopic (exact) mass is 214 g/mol. The summed E-state index contributed by atoms with van der Waals surface area (Å²) in [5.74, 6) is -1.03. The van der Waals surface area contributed by atoms with Gasteiger partial charge in [0.2, 0.25) is 0 Å². The molecule has 70 valence electrons. The van der Waals surface area contributed by atoms with Gasteiger partial charge in [0, 0.05) is 6.20 Å². The molecule has 1 aromatic heterocycles. The van der Waals surface area contributed by atoms with Crippen LogP contribution in [-0.4, -0.2) is 26.5 Å². The number of aromatic carboxylic acids is 1. The fraction of sp³-hybridized carbons (Fsp3) is 0. The third-order valence-electron chi connectivity index (χ3n) is 0.801. The van der Waals surface area contributed by atoms with Gasteiger partial charge in [-0.25, -0.2) is 14.8 Å². The van der Waals surface area contributed by atoms with Crippen LogP contribution in [0, 0.1) is 0 Å². The highest BCUT2D eigenvalue weighted by atomic mass is 35.5. The van der Waals surface area contributed by atoms with Crippen molar-refractivity contribution in [2.24, 2.45) is 0 Å². The zero-order chi connectivity index (χ0) is 6.69. The van der Waals surface area contributed by atoms with Gasteiger partial charge in [-0.15, -0.1) is 24.8 Å². The molecule has 0 unspecified atom stereocenters. The van der Waals surface area contributed by atoms with E-state index in [0.717, 1.165) is 0 Å². The number of rotatable bonds is 1. The summed E-state index contributed by atoms with van der Waals surface area (Å²) in [7, 11) is 0. The largest absolute Gasteiger partial charge is 0.477 e. The Morgan fingerprint density at radius 2 is 2.00 bits per heavy atom.